The number of nitrogens with one attached hydrogen (secondary N) is 1. The molecule has 0 unspecified atom stereocenters. The van der Waals surface area contributed by atoms with Gasteiger partial charge in [0.2, 0.25) is 0 Å². The zero-order chi connectivity index (χ0) is 20.9. The number of hydrogen-bond acceptors (Lipinski definition) is 6. The summed E-state index contributed by atoms with van der Waals surface area (Å²) in [5.74, 6) is -0.229. The van der Waals surface area contributed by atoms with E-state index in [-0.39, 0.29) is 7.33 Å². The fraction of sp³-hybridized carbons (Fsp3) is 0.217. The van der Waals surface area contributed by atoms with Crippen molar-refractivity contribution in [2.75, 3.05) is 13.1 Å². The Morgan fingerprint density at radius 1 is 1.03 bits per heavy atom. The highest BCUT2D eigenvalue weighted by Gasteiger charge is 2.11. The number of carbonyl (C=O) groups excluding carboxylic acids is 1. The molecule has 0 bridgehead atoms. The van der Waals surface area contributed by atoms with E-state index in [4.69, 9.17) is 0 Å². The molecule has 1 aliphatic heterocycles. The maximum absolute atomic E-state index is 12.5. The van der Waals surface area contributed by atoms with E-state index in [0.717, 1.165) is 45.9 Å². The molecule has 30 heavy (non-hydrogen) atoms. The highest BCUT2D eigenvalue weighted by molar-refractivity contribution is 6.38. The quantitative estimate of drug-likeness (QED) is 0.712. The van der Waals surface area contributed by atoms with E-state index in [2.05, 4.69) is 30.3 Å². The first-order chi connectivity index (χ1) is 14.6. The Bertz CT molecular complexity index is 1140. The number of amides is 1. The minimum absolute atomic E-state index is 0. The van der Waals surface area contributed by atoms with Crippen LogP contribution in [0.25, 0.3) is 11.3 Å². The predicted molar refractivity (Wildman–Crippen MR) is 119 cm³/mol. The number of aromatic nitrogens is 3. The maximum atomic E-state index is 12.5. The van der Waals surface area contributed by atoms with Crippen LogP contribution < -0.4 is 5.32 Å². The lowest BCUT2D eigenvalue weighted by atomic mass is 10.1. The molecule has 1 amide bonds. The van der Waals surface area contributed by atoms with Gasteiger partial charge in [-0.15, -0.1) is 0 Å². The van der Waals surface area contributed by atoms with Gasteiger partial charge in [0, 0.05) is 49.6 Å². The number of pyridine rings is 3. The Morgan fingerprint density at radius 2 is 1.93 bits per heavy atom. The Kier molecular flexibility index (Phi) is 5.70. The van der Waals surface area contributed by atoms with Crippen LogP contribution in [-0.4, -0.2) is 45.9 Å². The van der Waals surface area contributed by atoms with Gasteiger partial charge in [0.15, 0.2) is 0 Å². The number of hydrogen-bond donors (Lipinski definition) is 1. The van der Waals surface area contributed by atoms with Crippen LogP contribution in [0.4, 0.5) is 0 Å². The van der Waals surface area contributed by atoms with Crippen molar-refractivity contribution in [2.45, 2.75) is 20.4 Å². The summed E-state index contributed by atoms with van der Waals surface area (Å²) < 4.78 is 0. The zero-order valence-corrected chi connectivity index (χ0v) is 17.0. The Hall–Kier alpha value is -3.74. The smallest absolute Gasteiger partial charge is 0.270 e. The van der Waals surface area contributed by atoms with E-state index >= 15 is 0 Å². The van der Waals surface area contributed by atoms with Gasteiger partial charge in [-0.3, -0.25) is 29.7 Å². The molecule has 0 aromatic carbocycles. The summed E-state index contributed by atoms with van der Waals surface area (Å²) in [7, 11) is 0. The lowest BCUT2D eigenvalue weighted by molar-refractivity contribution is 0.0946. The van der Waals surface area contributed by atoms with E-state index in [9.17, 15) is 4.79 Å². The first-order valence-electron chi connectivity index (χ1n) is 9.77. The SMILES string of the molecule is Cc1cc(-c2ncc(CNC(=O)c3ccc(C4=NCCN=C4)cn3)cc2C)ccn1.[HH]. The van der Waals surface area contributed by atoms with Crippen molar-refractivity contribution in [3.63, 3.8) is 0 Å². The van der Waals surface area contributed by atoms with Gasteiger partial charge >= 0.3 is 0 Å². The molecule has 0 radical (unpaired) electrons. The zero-order valence-electron chi connectivity index (χ0n) is 17.0. The number of aryl methyl sites for hydroxylation is 2. The molecule has 0 fully saturated rings. The highest BCUT2D eigenvalue weighted by Crippen LogP contribution is 2.21. The van der Waals surface area contributed by atoms with Crippen LogP contribution in [0.1, 0.15) is 34.3 Å². The molecule has 0 aliphatic carbocycles. The van der Waals surface area contributed by atoms with Crippen LogP contribution >= 0.6 is 0 Å². The van der Waals surface area contributed by atoms with Gasteiger partial charge in [0.05, 0.1) is 24.5 Å². The molecule has 0 atom stereocenters. The van der Waals surface area contributed by atoms with Crippen LogP contribution in [-0.2, 0) is 6.54 Å². The molecule has 3 aromatic heterocycles. The van der Waals surface area contributed by atoms with Crippen molar-refractivity contribution in [3.05, 3.63) is 77.0 Å². The fourth-order valence-electron chi connectivity index (χ4n) is 3.26. The molecule has 0 spiro atoms. The van der Waals surface area contributed by atoms with Crippen molar-refractivity contribution < 1.29 is 6.22 Å². The average Bonchev–Trinajstić information content (AvgIpc) is 2.78. The summed E-state index contributed by atoms with van der Waals surface area (Å²) in [5, 5.41) is 2.90. The van der Waals surface area contributed by atoms with Crippen molar-refractivity contribution >= 4 is 17.8 Å². The average molecular weight is 400 g/mol. The molecule has 7 nitrogen and oxygen atoms in total. The third-order valence-electron chi connectivity index (χ3n) is 4.77. The third-order valence-corrected chi connectivity index (χ3v) is 4.77. The van der Waals surface area contributed by atoms with Crippen LogP contribution in [0.15, 0.2) is 58.9 Å². The van der Waals surface area contributed by atoms with Crippen LogP contribution in [0, 0.1) is 13.8 Å². The largest absolute Gasteiger partial charge is 0.347 e. The molecule has 4 heterocycles. The second-order valence-corrected chi connectivity index (χ2v) is 7.11. The van der Waals surface area contributed by atoms with Gasteiger partial charge in [-0.05, 0) is 49.2 Å². The number of aliphatic imine (C=N–C) groups is 2. The number of carbonyl (C=O) groups is 1. The first-order valence-corrected chi connectivity index (χ1v) is 9.77. The molecular formula is C23H24N6O. The van der Waals surface area contributed by atoms with Gasteiger partial charge in [0.1, 0.15) is 5.69 Å². The lowest BCUT2D eigenvalue weighted by Gasteiger charge is -2.10. The monoisotopic (exact) mass is 400 g/mol. The molecule has 152 valence electrons. The standard InChI is InChI=1S/C23H22N6O.H2/c1-15-9-17(11-28-22(15)18-5-6-25-16(2)10-18)12-29-23(30)20-4-3-19(13-27-20)21-14-24-7-8-26-21;/h3-6,9-11,13-14H,7-8,12H2,1-2H3,(H,29,30);1H. The summed E-state index contributed by atoms with van der Waals surface area (Å²) in [6.07, 6.45) is 6.97. The van der Waals surface area contributed by atoms with E-state index in [0.29, 0.717) is 18.8 Å². The topological polar surface area (TPSA) is 92.5 Å². The van der Waals surface area contributed by atoms with Crippen molar-refractivity contribution in [2.24, 2.45) is 9.98 Å². The molecular weight excluding hydrogens is 376 g/mol. The molecule has 4 rings (SSSR count). The Labute approximate surface area is 176 Å². The van der Waals surface area contributed by atoms with Gasteiger partial charge in [-0.1, -0.05) is 6.07 Å². The first kappa shape index (κ1) is 19.6. The van der Waals surface area contributed by atoms with Gasteiger partial charge in [-0.25, -0.2) is 0 Å². The van der Waals surface area contributed by atoms with E-state index in [1.807, 2.05) is 38.1 Å². The van der Waals surface area contributed by atoms with Gasteiger partial charge < -0.3 is 5.32 Å². The second kappa shape index (κ2) is 8.73. The molecule has 0 saturated carbocycles. The fourth-order valence-corrected chi connectivity index (χ4v) is 3.26. The van der Waals surface area contributed by atoms with Crippen molar-refractivity contribution in [1.82, 2.24) is 20.3 Å². The van der Waals surface area contributed by atoms with E-state index in [1.54, 1.807) is 30.9 Å². The van der Waals surface area contributed by atoms with E-state index < -0.39 is 0 Å². The second-order valence-electron chi connectivity index (χ2n) is 7.11. The minimum atomic E-state index is -0.229. The normalized spacial score (nSPS) is 13.1. The highest BCUT2D eigenvalue weighted by atomic mass is 16.1. The summed E-state index contributed by atoms with van der Waals surface area (Å²) in [4.78, 5) is 34.2. The molecule has 3 aromatic rings. The summed E-state index contributed by atoms with van der Waals surface area (Å²) in [5.41, 5.74) is 6.90. The Balaban J connectivity index is 0.00000272. The lowest BCUT2D eigenvalue weighted by Crippen LogP contribution is -2.24. The third kappa shape index (κ3) is 4.46. The van der Waals surface area contributed by atoms with Gasteiger partial charge in [-0.2, -0.15) is 0 Å². The predicted octanol–water partition coefficient (Wildman–Crippen LogP) is 3.20. The van der Waals surface area contributed by atoms with E-state index in [1.165, 1.54) is 0 Å². The van der Waals surface area contributed by atoms with Crippen LogP contribution in [0.3, 0.4) is 0 Å². The summed E-state index contributed by atoms with van der Waals surface area (Å²) >= 11 is 0. The molecule has 7 heteroatoms. The van der Waals surface area contributed by atoms with Crippen LogP contribution in [0.2, 0.25) is 0 Å². The summed E-state index contributed by atoms with van der Waals surface area (Å²) in [6.45, 7) is 5.75. The number of rotatable bonds is 5. The molecule has 1 N–H and O–H groups in total. The number of nitrogens with zero attached hydrogens (tertiary/aromatic N) is 5. The molecule has 0 saturated heterocycles. The molecule has 1 aliphatic rings. The minimum Gasteiger partial charge on any atom is -0.347 e. The summed E-state index contributed by atoms with van der Waals surface area (Å²) in [6, 6.07) is 9.54. The van der Waals surface area contributed by atoms with Crippen molar-refractivity contribution in [1.29, 1.82) is 0 Å². The maximum Gasteiger partial charge on any atom is 0.270 e. The van der Waals surface area contributed by atoms with Gasteiger partial charge in [0.25, 0.3) is 5.91 Å². The van der Waals surface area contributed by atoms with Crippen molar-refractivity contribution in [3.8, 4) is 11.3 Å². The Morgan fingerprint density at radius 3 is 2.63 bits per heavy atom. The van der Waals surface area contributed by atoms with Crippen LogP contribution in [0.5, 0.6) is 0 Å².